The van der Waals surface area contributed by atoms with Crippen molar-refractivity contribution in [2.45, 2.75) is 31.3 Å². The van der Waals surface area contributed by atoms with E-state index in [1.165, 1.54) is 12.0 Å². The van der Waals surface area contributed by atoms with Gasteiger partial charge in [0.2, 0.25) is 0 Å². The number of hydrogen-bond donors (Lipinski definition) is 0. The summed E-state index contributed by atoms with van der Waals surface area (Å²) in [6.45, 7) is 4.14. The molecule has 0 saturated carbocycles. The maximum absolute atomic E-state index is 5.59. The van der Waals surface area contributed by atoms with Gasteiger partial charge in [-0.1, -0.05) is 19.1 Å². The average molecular weight is 238 g/mol. The lowest BCUT2D eigenvalue weighted by molar-refractivity contribution is 0.320. The van der Waals surface area contributed by atoms with Crippen molar-refractivity contribution in [2.24, 2.45) is 0 Å². The Labute approximate surface area is 102 Å². The molecular formula is C13H18O2S. The van der Waals surface area contributed by atoms with Crippen molar-refractivity contribution in [1.29, 1.82) is 0 Å². The Morgan fingerprint density at radius 2 is 2.00 bits per heavy atom. The zero-order valence-electron chi connectivity index (χ0n) is 9.97. The minimum Gasteiger partial charge on any atom is -0.497 e. The number of ether oxygens (including phenoxy) is 1. The van der Waals surface area contributed by atoms with Crippen LogP contribution in [0.5, 0.6) is 5.75 Å². The van der Waals surface area contributed by atoms with E-state index in [1.807, 2.05) is 31.2 Å². The van der Waals surface area contributed by atoms with E-state index in [9.17, 15) is 0 Å². The summed E-state index contributed by atoms with van der Waals surface area (Å²) in [6.07, 6.45) is 5.35. The Balaban J connectivity index is 2.39. The third-order valence-corrected chi connectivity index (χ3v) is 2.86. The summed E-state index contributed by atoms with van der Waals surface area (Å²) in [5.74, 6) is 0.864. The fraction of sp³-hybridized carbons (Fsp3) is 0.385. The van der Waals surface area contributed by atoms with E-state index in [4.69, 9.17) is 8.92 Å². The molecule has 1 aromatic rings. The Hall–Kier alpha value is -0.930. The molecule has 3 heteroatoms. The van der Waals surface area contributed by atoms with Crippen LogP contribution in [0.3, 0.4) is 0 Å². The lowest BCUT2D eigenvalue weighted by Crippen LogP contribution is -1.97. The molecule has 1 unspecified atom stereocenters. The summed E-state index contributed by atoms with van der Waals surface area (Å²) in [6, 6.07) is 7.83. The number of hydrogen-bond acceptors (Lipinski definition) is 3. The second-order valence-electron chi connectivity index (χ2n) is 3.40. The van der Waals surface area contributed by atoms with E-state index in [0.29, 0.717) is 0 Å². The SMILES string of the molecule is CC/C=C/C(C)OSc1ccc(OC)cc1. The van der Waals surface area contributed by atoms with Gasteiger partial charge in [0.25, 0.3) is 0 Å². The molecule has 1 atom stereocenters. The van der Waals surface area contributed by atoms with Crippen LogP contribution in [-0.4, -0.2) is 13.2 Å². The second-order valence-corrected chi connectivity index (χ2v) is 4.23. The van der Waals surface area contributed by atoms with Crippen molar-refractivity contribution in [3.8, 4) is 5.75 Å². The molecule has 0 heterocycles. The normalized spacial score (nSPS) is 12.9. The van der Waals surface area contributed by atoms with Crippen molar-refractivity contribution in [3.63, 3.8) is 0 Å². The quantitative estimate of drug-likeness (QED) is 0.549. The molecule has 0 aromatic heterocycles. The van der Waals surface area contributed by atoms with Gasteiger partial charge in [-0.3, -0.25) is 0 Å². The molecule has 0 aliphatic rings. The van der Waals surface area contributed by atoms with Crippen molar-refractivity contribution < 1.29 is 8.92 Å². The van der Waals surface area contributed by atoms with Crippen molar-refractivity contribution in [3.05, 3.63) is 36.4 Å². The molecule has 0 fully saturated rings. The molecule has 0 N–H and O–H groups in total. The van der Waals surface area contributed by atoms with Crippen LogP contribution in [0, 0.1) is 0 Å². The monoisotopic (exact) mass is 238 g/mol. The molecule has 0 aliphatic heterocycles. The Morgan fingerprint density at radius 1 is 1.31 bits per heavy atom. The van der Waals surface area contributed by atoms with Crippen molar-refractivity contribution in [2.75, 3.05) is 7.11 Å². The van der Waals surface area contributed by atoms with Gasteiger partial charge in [-0.2, -0.15) is 0 Å². The van der Waals surface area contributed by atoms with Gasteiger partial charge >= 0.3 is 0 Å². The maximum Gasteiger partial charge on any atom is 0.118 e. The summed E-state index contributed by atoms with van der Waals surface area (Å²) in [5, 5.41) is 0. The van der Waals surface area contributed by atoms with Gasteiger partial charge < -0.3 is 8.92 Å². The van der Waals surface area contributed by atoms with Crippen LogP contribution in [-0.2, 0) is 4.18 Å². The van der Waals surface area contributed by atoms with Crippen LogP contribution in [0.1, 0.15) is 20.3 Å². The van der Waals surface area contributed by atoms with Gasteiger partial charge in [0.1, 0.15) is 5.75 Å². The second kappa shape index (κ2) is 7.36. The van der Waals surface area contributed by atoms with Gasteiger partial charge in [-0.25, -0.2) is 0 Å². The summed E-state index contributed by atoms with van der Waals surface area (Å²) in [7, 11) is 1.66. The summed E-state index contributed by atoms with van der Waals surface area (Å²) in [5.41, 5.74) is 0. The molecule has 0 amide bonds. The minimum atomic E-state index is 0.132. The largest absolute Gasteiger partial charge is 0.497 e. The molecular weight excluding hydrogens is 220 g/mol. The first-order valence-corrected chi connectivity index (χ1v) is 6.14. The molecule has 1 aromatic carbocycles. The molecule has 16 heavy (non-hydrogen) atoms. The Kier molecular flexibility index (Phi) is 6.04. The fourth-order valence-corrected chi connectivity index (χ4v) is 1.70. The maximum atomic E-state index is 5.59. The highest BCUT2D eigenvalue weighted by molar-refractivity contribution is 7.94. The molecule has 0 spiro atoms. The highest BCUT2D eigenvalue weighted by Crippen LogP contribution is 2.23. The van der Waals surface area contributed by atoms with Gasteiger partial charge in [0.15, 0.2) is 0 Å². The number of allylic oxidation sites excluding steroid dienone is 1. The van der Waals surface area contributed by atoms with E-state index in [2.05, 4.69) is 19.1 Å². The van der Waals surface area contributed by atoms with E-state index >= 15 is 0 Å². The van der Waals surface area contributed by atoms with Crippen LogP contribution in [0.25, 0.3) is 0 Å². The molecule has 0 saturated heterocycles. The van der Waals surface area contributed by atoms with Crippen LogP contribution >= 0.6 is 12.0 Å². The zero-order chi connectivity index (χ0) is 11.8. The highest BCUT2D eigenvalue weighted by Gasteiger charge is 2.00. The summed E-state index contributed by atoms with van der Waals surface area (Å²) < 4.78 is 10.7. The van der Waals surface area contributed by atoms with Gasteiger partial charge in [-0.05, 0) is 37.6 Å². The topological polar surface area (TPSA) is 18.5 Å². The first kappa shape index (κ1) is 13.1. The van der Waals surface area contributed by atoms with Crippen LogP contribution in [0.4, 0.5) is 0 Å². The molecule has 2 nitrogen and oxygen atoms in total. The number of benzene rings is 1. The Bertz CT molecular complexity index is 319. The predicted octanol–water partition coefficient (Wildman–Crippen LogP) is 4.07. The van der Waals surface area contributed by atoms with Crippen molar-refractivity contribution >= 4 is 12.0 Å². The fourth-order valence-electron chi connectivity index (χ4n) is 1.12. The third-order valence-electron chi connectivity index (χ3n) is 2.00. The number of methoxy groups -OCH3 is 1. The lowest BCUT2D eigenvalue weighted by Gasteiger charge is -2.07. The smallest absolute Gasteiger partial charge is 0.118 e. The minimum absolute atomic E-state index is 0.132. The molecule has 88 valence electrons. The average Bonchev–Trinajstić information content (AvgIpc) is 2.34. The van der Waals surface area contributed by atoms with Gasteiger partial charge in [0.05, 0.1) is 13.2 Å². The van der Waals surface area contributed by atoms with E-state index in [-0.39, 0.29) is 6.10 Å². The number of rotatable bonds is 6. The van der Waals surface area contributed by atoms with E-state index in [1.54, 1.807) is 7.11 Å². The Morgan fingerprint density at radius 3 is 2.56 bits per heavy atom. The highest BCUT2D eigenvalue weighted by atomic mass is 32.2. The van der Waals surface area contributed by atoms with Crippen LogP contribution in [0.15, 0.2) is 41.3 Å². The standard InChI is InChI=1S/C13H18O2S/c1-4-5-6-11(2)15-16-13-9-7-12(14-3)8-10-13/h5-11H,4H2,1-3H3/b6-5+. The summed E-state index contributed by atoms with van der Waals surface area (Å²) >= 11 is 1.39. The summed E-state index contributed by atoms with van der Waals surface area (Å²) in [4.78, 5) is 1.08. The first-order chi connectivity index (χ1) is 7.76. The zero-order valence-corrected chi connectivity index (χ0v) is 10.8. The van der Waals surface area contributed by atoms with Crippen molar-refractivity contribution in [1.82, 2.24) is 0 Å². The van der Waals surface area contributed by atoms with E-state index in [0.717, 1.165) is 17.1 Å². The molecule has 1 rings (SSSR count). The molecule has 0 bridgehead atoms. The molecule has 0 radical (unpaired) electrons. The van der Waals surface area contributed by atoms with E-state index < -0.39 is 0 Å². The first-order valence-electron chi connectivity index (χ1n) is 5.40. The van der Waals surface area contributed by atoms with Crippen LogP contribution < -0.4 is 4.74 Å². The lowest BCUT2D eigenvalue weighted by atomic mass is 10.3. The predicted molar refractivity (Wildman–Crippen MR) is 68.8 cm³/mol. The van der Waals surface area contributed by atoms with Gasteiger partial charge in [-0.15, -0.1) is 0 Å². The van der Waals surface area contributed by atoms with Gasteiger partial charge in [0, 0.05) is 16.9 Å². The molecule has 0 aliphatic carbocycles. The van der Waals surface area contributed by atoms with Crippen LogP contribution in [0.2, 0.25) is 0 Å². The third kappa shape index (κ3) is 4.73.